The van der Waals surface area contributed by atoms with Crippen LogP contribution in [0.25, 0.3) is 11.4 Å². The molecule has 0 aliphatic carbocycles. The quantitative estimate of drug-likeness (QED) is 0.663. The van der Waals surface area contributed by atoms with Crippen LogP contribution in [0.5, 0.6) is 11.5 Å². The number of aromatic nitrogens is 3. The smallest absolute Gasteiger partial charge is 0.195 e. The summed E-state index contributed by atoms with van der Waals surface area (Å²) in [6.45, 7) is 2.70. The molecule has 1 aromatic heterocycles. The maximum atomic E-state index is 6.05. The van der Waals surface area contributed by atoms with Crippen LogP contribution in [-0.4, -0.2) is 29.0 Å². The molecule has 2 aromatic rings. The molecule has 0 saturated carbocycles. The van der Waals surface area contributed by atoms with Gasteiger partial charge in [0.2, 0.25) is 0 Å². The third kappa shape index (κ3) is 2.28. The van der Waals surface area contributed by atoms with Gasteiger partial charge >= 0.3 is 0 Å². The molecule has 0 aliphatic heterocycles. The first kappa shape index (κ1) is 13.4. The van der Waals surface area contributed by atoms with Gasteiger partial charge < -0.3 is 19.8 Å². The molecule has 2 rings (SSSR count). The molecular formula is C12H16N4O2S. The molecule has 0 saturated heterocycles. The van der Waals surface area contributed by atoms with E-state index in [9.17, 15) is 0 Å². The summed E-state index contributed by atoms with van der Waals surface area (Å²) in [5.74, 6) is 1.87. The van der Waals surface area contributed by atoms with E-state index in [1.165, 1.54) is 0 Å². The van der Waals surface area contributed by atoms with Crippen molar-refractivity contribution in [2.75, 3.05) is 20.0 Å². The van der Waals surface area contributed by atoms with Gasteiger partial charge in [-0.3, -0.25) is 5.10 Å². The van der Waals surface area contributed by atoms with Gasteiger partial charge in [0.05, 0.1) is 14.2 Å². The molecule has 6 nitrogen and oxygen atoms in total. The lowest BCUT2D eigenvalue weighted by Crippen LogP contribution is -2.02. The van der Waals surface area contributed by atoms with Crippen LogP contribution in [0.4, 0.5) is 5.69 Å². The highest BCUT2D eigenvalue weighted by Crippen LogP contribution is 2.36. The molecule has 0 fully saturated rings. The molecule has 7 heteroatoms. The number of nitrogen functional groups attached to an aromatic ring is 1. The molecular weight excluding hydrogens is 264 g/mol. The van der Waals surface area contributed by atoms with E-state index < -0.39 is 0 Å². The van der Waals surface area contributed by atoms with Crippen molar-refractivity contribution in [3.8, 4) is 22.9 Å². The number of anilines is 1. The largest absolute Gasteiger partial charge is 0.493 e. The zero-order chi connectivity index (χ0) is 14.0. The van der Waals surface area contributed by atoms with E-state index >= 15 is 0 Å². The zero-order valence-electron chi connectivity index (χ0n) is 11.1. The van der Waals surface area contributed by atoms with Crippen LogP contribution in [0.3, 0.4) is 0 Å². The van der Waals surface area contributed by atoms with E-state index in [2.05, 4.69) is 10.2 Å². The van der Waals surface area contributed by atoms with Gasteiger partial charge in [0, 0.05) is 23.9 Å². The topological polar surface area (TPSA) is 78.1 Å². The second-order valence-electron chi connectivity index (χ2n) is 3.89. The molecule has 0 unspecified atom stereocenters. The van der Waals surface area contributed by atoms with Gasteiger partial charge in [-0.15, -0.1) is 0 Å². The molecule has 0 radical (unpaired) electrons. The van der Waals surface area contributed by atoms with Crippen molar-refractivity contribution in [1.29, 1.82) is 0 Å². The molecule has 0 atom stereocenters. The number of H-pyrrole nitrogens is 1. The highest BCUT2D eigenvalue weighted by molar-refractivity contribution is 7.71. The van der Waals surface area contributed by atoms with Crippen LogP contribution in [0.15, 0.2) is 12.1 Å². The first-order valence-electron chi connectivity index (χ1n) is 5.79. The zero-order valence-corrected chi connectivity index (χ0v) is 11.9. The van der Waals surface area contributed by atoms with Crippen molar-refractivity contribution in [3.63, 3.8) is 0 Å². The van der Waals surface area contributed by atoms with Gasteiger partial charge in [0.25, 0.3) is 0 Å². The van der Waals surface area contributed by atoms with E-state index in [4.69, 9.17) is 27.4 Å². The average molecular weight is 280 g/mol. The molecule has 102 valence electrons. The number of nitrogens with zero attached hydrogens (tertiary/aromatic N) is 2. The monoisotopic (exact) mass is 280 g/mol. The summed E-state index contributed by atoms with van der Waals surface area (Å²) in [7, 11) is 3.15. The molecule has 19 heavy (non-hydrogen) atoms. The fraction of sp³-hybridized carbons (Fsp3) is 0.333. The number of nitrogens with two attached hydrogens (primary N) is 1. The number of benzene rings is 1. The van der Waals surface area contributed by atoms with E-state index in [1.54, 1.807) is 26.4 Å². The van der Waals surface area contributed by atoms with Crippen molar-refractivity contribution in [1.82, 2.24) is 14.8 Å². The number of nitrogens with one attached hydrogen (secondary N) is 1. The molecule has 1 aromatic carbocycles. The SMILES string of the molecule is CCn1c(-c2cc(OC)c(OC)cc2N)n[nH]c1=S. The Kier molecular flexibility index (Phi) is 3.75. The Balaban J connectivity index is 2.65. The van der Waals surface area contributed by atoms with Crippen LogP contribution in [-0.2, 0) is 6.54 Å². The van der Waals surface area contributed by atoms with Crippen molar-refractivity contribution >= 4 is 17.9 Å². The van der Waals surface area contributed by atoms with Crippen LogP contribution in [0, 0.1) is 4.77 Å². The molecule has 0 spiro atoms. The second kappa shape index (κ2) is 5.31. The lowest BCUT2D eigenvalue weighted by Gasteiger charge is -2.12. The molecule has 0 amide bonds. The molecule has 0 bridgehead atoms. The van der Waals surface area contributed by atoms with E-state index in [0.29, 0.717) is 34.3 Å². The molecule has 3 N–H and O–H groups in total. The van der Waals surface area contributed by atoms with Gasteiger partial charge in [-0.2, -0.15) is 5.10 Å². The Morgan fingerprint density at radius 1 is 1.32 bits per heavy atom. The molecule has 1 heterocycles. The summed E-state index contributed by atoms with van der Waals surface area (Å²) in [5, 5.41) is 6.99. The van der Waals surface area contributed by atoms with E-state index in [0.717, 1.165) is 5.56 Å². The minimum absolute atomic E-state index is 0.557. The summed E-state index contributed by atoms with van der Waals surface area (Å²) in [6.07, 6.45) is 0. The predicted molar refractivity (Wildman–Crippen MR) is 76.0 cm³/mol. The van der Waals surface area contributed by atoms with Gasteiger partial charge in [-0.05, 0) is 25.2 Å². The number of ether oxygens (including phenoxy) is 2. The Morgan fingerprint density at radius 3 is 2.53 bits per heavy atom. The lowest BCUT2D eigenvalue weighted by atomic mass is 10.1. The molecule has 0 aliphatic rings. The minimum Gasteiger partial charge on any atom is -0.493 e. The van der Waals surface area contributed by atoms with Crippen LogP contribution < -0.4 is 15.2 Å². The average Bonchev–Trinajstić information content (AvgIpc) is 2.79. The second-order valence-corrected chi connectivity index (χ2v) is 4.28. The van der Waals surface area contributed by atoms with Crippen molar-refractivity contribution in [2.24, 2.45) is 0 Å². The summed E-state index contributed by atoms with van der Waals surface area (Å²) in [5.41, 5.74) is 7.36. The van der Waals surface area contributed by atoms with Crippen molar-refractivity contribution in [3.05, 3.63) is 16.9 Å². The Hall–Kier alpha value is -2.02. The fourth-order valence-corrected chi connectivity index (χ4v) is 2.17. The minimum atomic E-state index is 0.557. The fourth-order valence-electron chi connectivity index (χ4n) is 1.91. The highest BCUT2D eigenvalue weighted by Gasteiger charge is 2.15. The normalized spacial score (nSPS) is 10.5. The standard InChI is InChI=1S/C12H16N4O2S/c1-4-16-11(14-15-12(16)19)7-5-9(17-2)10(18-3)6-8(7)13/h5-6H,4,13H2,1-3H3,(H,15,19). The van der Waals surface area contributed by atoms with E-state index in [1.807, 2.05) is 11.5 Å². The van der Waals surface area contributed by atoms with Gasteiger partial charge in [-0.1, -0.05) is 0 Å². The lowest BCUT2D eigenvalue weighted by molar-refractivity contribution is 0.355. The van der Waals surface area contributed by atoms with Crippen LogP contribution >= 0.6 is 12.2 Å². The van der Waals surface area contributed by atoms with E-state index in [-0.39, 0.29) is 0 Å². The number of hydrogen-bond acceptors (Lipinski definition) is 5. The number of hydrogen-bond donors (Lipinski definition) is 2. The Bertz CT molecular complexity index is 648. The van der Waals surface area contributed by atoms with Gasteiger partial charge in [0.1, 0.15) is 0 Å². The van der Waals surface area contributed by atoms with Crippen LogP contribution in [0.2, 0.25) is 0 Å². The third-order valence-corrected chi connectivity index (χ3v) is 3.18. The first-order valence-corrected chi connectivity index (χ1v) is 6.20. The Labute approximate surface area is 116 Å². The van der Waals surface area contributed by atoms with Gasteiger partial charge in [0.15, 0.2) is 22.1 Å². The first-order chi connectivity index (χ1) is 9.12. The predicted octanol–water partition coefficient (Wildman–Crippen LogP) is 2.23. The maximum absolute atomic E-state index is 6.05. The summed E-state index contributed by atoms with van der Waals surface area (Å²) >= 11 is 5.17. The highest BCUT2D eigenvalue weighted by atomic mass is 32.1. The van der Waals surface area contributed by atoms with Gasteiger partial charge in [-0.25, -0.2) is 0 Å². The van der Waals surface area contributed by atoms with Crippen LogP contribution in [0.1, 0.15) is 6.92 Å². The van der Waals surface area contributed by atoms with Crippen molar-refractivity contribution in [2.45, 2.75) is 13.5 Å². The summed E-state index contributed by atoms with van der Waals surface area (Å²) in [6, 6.07) is 3.51. The summed E-state index contributed by atoms with van der Waals surface area (Å²) in [4.78, 5) is 0. The number of aromatic amines is 1. The van der Waals surface area contributed by atoms with Crippen molar-refractivity contribution < 1.29 is 9.47 Å². The Morgan fingerprint density at radius 2 is 1.95 bits per heavy atom. The maximum Gasteiger partial charge on any atom is 0.195 e. The number of rotatable bonds is 4. The number of methoxy groups -OCH3 is 2. The third-order valence-electron chi connectivity index (χ3n) is 2.87. The summed E-state index contributed by atoms with van der Waals surface area (Å²) < 4.78 is 12.9.